The Morgan fingerprint density at radius 3 is 2.61 bits per heavy atom. The molecule has 2 rings (SSSR count). The quantitative estimate of drug-likeness (QED) is 0.864. The normalized spacial score (nSPS) is 12.4. The van der Waals surface area contributed by atoms with Gasteiger partial charge >= 0.3 is 0 Å². The molecule has 96 valence electrons. The molecule has 0 bridgehead atoms. The number of nitrogens with zero attached hydrogens (tertiary/aromatic N) is 2. The van der Waals surface area contributed by atoms with E-state index in [0.29, 0.717) is 4.77 Å². The van der Waals surface area contributed by atoms with Crippen molar-refractivity contribution in [2.75, 3.05) is 0 Å². The third-order valence-electron chi connectivity index (χ3n) is 3.07. The molecule has 0 unspecified atom stereocenters. The van der Waals surface area contributed by atoms with Crippen molar-refractivity contribution in [2.45, 2.75) is 26.9 Å². The van der Waals surface area contributed by atoms with Gasteiger partial charge in [0.1, 0.15) is 5.75 Å². The van der Waals surface area contributed by atoms with Crippen LogP contribution in [0.25, 0.3) is 0 Å². The van der Waals surface area contributed by atoms with Crippen molar-refractivity contribution >= 4 is 12.2 Å². The lowest BCUT2D eigenvalue weighted by Crippen LogP contribution is -2.09. The molecule has 0 spiro atoms. The fraction of sp³-hybridized carbons (Fsp3) is 0.385. The first kappa shape index (κ1) is 12.8. The van der Waals surface area contributed by atoms with E-state index in [0.717, 1.165) is 11.6 Å². The maximum Gasteiger partial charge on any atom is 0.195 e. The SMILES string of the molecule is Cc1ccc(O[C@H](C)c2n[nH]c(=S)n2C)cc1C. The van der Waals surface area contributed by atoms with Crippen LogP contribution >= 0.6 is 12.2 Å². The summed E-state index contributed by atoms with van der Waals surface area (Å²) in [6.07, 6.45) is -0.148. The Balaban J connectivity index is 2.21. The second-order valence-electron chi connectivity index (χ2n) is 4.45. The highest BCUT2D eigenvalue weighted by Crippen LogP contribution is 2.22. The summed E-state index contributed by atoms with van der Waals surface area (Å²) in [5.41, 5.74) is 2.48. The molecule has 0 radical (unpaired) electrons. The number of rotatable bonds is 3. The summed E-state index contributed by atoms with van der Waals surface area (Å²) in [5.74, 6) is 1.64. The molecule has 0 aliphatic heterocycles. The predicted octanol–water partition coefficient (Wildman–Crippen LogP) is 3.23. The average molecular weight is 263 g/mol. The Bertz CT molecular complexity index is 615. The van der Waals surface area contributed by atoms with Crippen LogP contribution in [0.15, 0.2) is 18.2 Å². The van der Waals surface area contributed by atoms with Gasteiger partial charge in [0.05, 0.1) is 0 Å². The Morgan fingerprint density at radius 1 is 1.33 bits per heavy atom. The molecule has 4 nitrogen and oxygen atoms in total. The van der Waals surface area contributed by atoms with Crippen LogP contribution in [0.3, 0.4) is 0 Å². The molecule has 0 saturated carbocycles. The van der Waals surface area contributed by atoms with E-state index in [1.807, 2.05) is 30.7 Å². The smallest absolute Gasteiger partial charge is 0.195 e. The Kier molecular flexibility index (Phi) is 3.52. The first-order valence-electron chi connectivity index (χ1n) is 5.84. The van der Waals surface area contributed by atoms with E-state index in [-0.39, 0.29) is 6.10 Å². The fourth-order valence-electron chi connectivity index (χ4n) is 1.77. The Morgan fingerprint density at radius 2 is 2.06 bits per heavy atom. The molecule has 1 aromatic carbocycles. The lowest BCUT2D eigenvalue weighted by atomic mass is 10.1. The molecule has 0 aliphatic carbocycles. The maximum absolute atomic E-state index is 5.88. The van der Waals surface area contributed by atoms with Crippen molar-refractivity contribution in [3.63, 3.8) is 0 Å². The standard InChI is InChI=1S/C13H17N3OS/c1-8-5-6-11(7-9(8)2)17-10(3)12-14-15-13(18)16(12)4/h5-7,10H,1-4H3,(H,15,18)/t10-/m1/s1. The molecule has 0 saturated heterocycles. The van der Waals surface area contributed by atoms with E-state index < -0.39 is 0 Å². The van der Waals surface area contributed by atoms with Gasteiger partial charge in [-0.2, -0.15) is 5.10 Å². The van der Waals surface area contributed by atoms with Crippen LogP contribution in [0.2, 0.25) is 0 Å². The summed E-state index contributed by atoms with van der Waals surface area (Å²) in [7, 11) is 1.88. The van der Waals surface area contributed by atoms with Crippen molar-refractivity contribution in [3.8, 4) is 5.75 Å². The van der Waals surface area contributed by atoms with Gasteiger partial charge in [-0.3, -0.25) is 5.10 Å². The Hall–Kier alpha value is -1.62. The number of aromatic amines is 1. The second kappa shape index (κ2) is 4.94. The average Bonchev–Trinajstić information content (AvgIpc) is 2.65. The zero-order valence-corrected chi connectivity index (χ0v) is 11.8. The molecule has 5 heteroatoms. The number of hydrogen-bond donors (Lipinski definition) is 1. The molecule has 18 heavy (non-hydrogen) atoms. The van der Waals surface area contributed by atoms with E-state index >= 15 is 0 Å². The minimum Gasteiger partial charge on any atom is -0.483 e. The number of aryl methyl sites for hydroxylation is 2. The van der Waals surface area contributed by atoms with E-state index in [1.165, 1.54) is 11.1 Å². The number of hydrogen-bond acceptors (Lipinski definition) is 3. The van der Waals surface area contributed by atoms with Crippen LogP contribution in [-0.4, -0.2) is 14.8 Å². The zero-order valence-electron chi connectivity index (χ0n) is 11.0. The zero-order chi connectivity index (χ0) is 13.3. The number of benzene rings is 1. The van der Waals surface area contributed by atoms with Gasteiger partial charge in [0.2, 0.25) is 0 Å². The largest absolute Gasteiger partial charge is 0.483 e. The van der Waals surface area contributed by atoms with Crippen molar-refractivity contribution in [1.29, 1.82) is 0 Å². The summed E-state index contributed by atoms with van der Waals surface area (Å²) in [6, 6.07) is 6.06. The molecular weight excluding hydrogens is 246 g/mol. The van der Waals surface area contributed by atoms with Crippen LogP contribution in [0.1, 0.15) is 30.0 Å². The minimum atomic E-state index is -0.148. The first-order chi connectivity index (χ1) is 8.49. The highest BCUT2D eigenvalue weighted by molar-refractivity contribution is 7.71. The van der Waals surface area contributed by atoms with Crippen molar-refractivity contribution in [3.05, 3.63) is 39.9 Å². The molecule has 1 atom stereocenters. The second-order valence-corrected chi connectivity index (χ2v) is 4.84. The first-order valence-corrected chi connectivity index (χ1v) is 6.25. The number of ether oxygens (including phenoxy) is 1. The summed E-state index contributed by atoms with van der Waals surface area (Å²) in [5, 5.41) is 6.93. The minimum absolute atomic E-state index is 0.148. The molecule has 0 fully saturated rings. The van der Waals surface area contributed by atoms with E-state index in [9.17, 15) is 0 Å². The summed E-state index contributed by atoms with van der Waals surface area (Å²) >= 11 is 5.09. The molecule has 1 N–H and O–H groups in total. The lowest BCUT2D eigenvalue weighted by molar-refractivity contribution is 0.212. The number of aromatic nitrogens is 3. The maximum atomic E-state index is 5.88. The van der Waals surface area contributed by atoms with Gasteiger partial charge in [-0.1, -0.05) is 6.07 Å². The highest BCUT2D eigenvalue weighted by atomic mass is 32.1. The monoisotopic (exact) mass is 263 g/mol. The molecule has 2 aromatic rings. The number of nitrogens with one attached hydrogen (secondary N) is 1. The van der Waals surface area contributed by atoms with Crippen molar-refractivity contribution < 1.29 is 4.74 Å². The third-order valence-corrected chi connectivity index (χ3v) is 3.43. The van der Waals surface area contributed by atoms with E-state index in [4.69, 9.17) is 17.0 Å². The molecule has 1 aromatic heterocycles. The molecule has 0 aliphatic rings. The van der Waals surface area contributed by atoms with Crippen LogP contribution in [0.5, 0.6) is 5.75 Å². The van der Waals surface area contributed by atoms with Gasteiger partial charge in [-0.05, 0) is 56.2 Å². The predicted molar refractivity (Wildman–Crippen MR) is 73.4 cm³/mol. The summed E-state index contributed by atoms with van der Waals surface area (Å²) < 4.78 is 8.30. The summed E-state index contributed by atoms with van der Waals surface area (Å²) in [4.78, 5) is 0. The number of H-pyrrole nitrogens is 1. The van der Waals surface area contributed by atoms with Crippen LogP contribution in [0.4, 0.5) is 0 Å². The van der Waals surface area contributed by atoms with E-state index in [1.54, 1.807) is 0 Å². The molecular formula is C13H17N3OS. The van der Waals surface area contributed by atoms with Gasteiger partial charge < -0.3 is 9.30 Å². The highest BCUT2D eigenvalue weighted by Gasteiger charge is 2.13. The lowest BCUT2D eigenvalue weighted by Gasteiger charge is -2.14. The van der Waals surface area contributed by atoms with Crippen LogP contribution in [-0.2, 0) is 7.05 Å². The van der Waals surface area contributed by atoms with Crippen LogP contribution in [0, 0.1) is 18.6 Å². The van der Waals surface area contributed by atoms with Gasteiger partial charge in [0.15, 0.2) is 16.7 Å². The van der Waals surface area contributed by atoms with Gasteiger partial charge in [0.25, 0.3) is 0 Å². The molecule has 0 amide bonds. The van der Waals surface area contributed by atoms with Crippen molar-refractivity contribution in [1.82, 2.24) is 14.8 Å². The van der Waals surface area contributed by atoms with E-state index in [2.05, 4.69) is 30.1 Å². The van der Waals surface area contributed by atoms with Gasteiger partial charge in [-0.15, -0.1) is 0 Å². The summed E-state index contributed by atoms with van der Waals surface area (Å²) in [6.45, 7) is 6.11. The molecule has 1 heterocycles. The topological polar surface area (TPSA) is 42.8 Å². The van der Waals surface area contributed by atoms with Gasteiger partial charge in [0, 0.05) is 7.05 Å². The van der Waals surface area contributed by atoms with Crippen LogP contribution < -0.4 is 4.74 Å². The fourth-order valence-corrected chi connectivity index (χ4v) is 1.91. The third kappa shape index (κ3) is 2.46. The Labute approximate surface area is 112 Å². The van der Waals surface area contributed by atoms with Gasteiger partial charge in [-0.25, -0.2) is 0 Å². The van der Waals surface area contributed by atoms with Crippen molar-refractivity contribution in [2.24, 2.45) is 7.05 Å².